The molecule has 2 nitrogen and oxygen atoms in total. The van der Waals surface area contributed by atoms with Crippen molar-refractivity contribution in [1.82, 2.24) is 5.32 Å². The maximum atomic E-state index is 11.9. The van der Waals surface area contributed by atoms with E-state index >= 15 is 0 Å². The highest BCUT2D eigenvalue weighted by molar-refractivity contribution is 5.95. The van der Waals surface area contributed by atoms with Crippen molar-refractivity contribution >= 4 is 5.91 Å². The molecule has 15 heavy (non-hydrogen) atoms. The lowest BCUT2D eigenvalue weighted by molar-refractivity contribution is 0.0938. The number of benzene rings is 1. The third kappa shape index (κ3) is 3.08. The molecule has 0 aliphatic heterocycles. The van der Waals surface area contributed by atoms with Gasteiger partial charge >= 0.3 is 0 Å². The zero-order chi connectivity index (χ0) is 11.4. The maximum absolute atomic E-state index is 11.9. The largest absolute Gasteiger partial charge is 0.350 e. The Morgan fingerprint density at radius 1 is 1.40 bits per heavy atom. The smallest absolute Gasteiger partial charge is 0.251 e. The van der Waals surface area contributed by atoms with Crippen LogP contribution in [0.4, 0.5) is 0 Å². The van der Waals surface area contributed by atoms with E-state index in [0.29, 0.717) is 0 Å². The Morgan fingerprint density at radius 3 is 2.67 bits per heavy atom. The number of carbonyl (C=O) groups excluding carboxylic acids is 1. The molecule has 0 unspecified atom stereocenters. The van der Waals surface area contributed by atoms with Gasteiger partial charge in [0.1, 0.15) is 0 Å². The van der Waals surface area contributed by atoms with Gasteiger partial charge in [-0.25, -0.2) is 0 Å². The van der Waals surface area contributed by atoms with Crippen LogP contribution in [0.1, 0.15) is 41.8 Å². The van der Waals surface area contributed by atoms with Gasteiger partial charge in [0, 0.05) is 11.6 Å². The van der Waals surface area contributed by atoms with Crippen LogP contribution in [0, 0.1) is 13.8 Å². The van der Waals surface area contributed by atoms with Crippen molar-refractivity contribution in [1.29, 1.82) is 0 Å². The molecule has 0 spiro atoms. The van der Waals surface area contributed by atoms with Crippen LogP contribution in [0.2, 0.25) is 0 Å². The fraction of sp³-hybridized carbons (Fsp3) is 0.462. The third-order valence-corrected chi connectivity index (χ3v) is 2.63. The molecule has 1 rings (SSSR count). The Morgan fingerprint density at radius 2 is 2.07 bits per heavy atom. The zero-order valence-corrected chi connectivity index (χ0v) is 9.92. The Kier molecular flexibility index (Phi) is 3.89. The van der Waals surface area contributed by atoms with Gasteiger partial charge < -0.3 is 5.32 Å². The first kappa shape index (κ1) is 11.8. The molecule has 0 aliphatic carbocycles. The van der Waals surface area contributed by atoms with E-state index in [0.717, 1.165) is 23.1 Å². The van der Waals surface area contributed by atoms with Crippen LogP contribution in [0.5, 0.6) is 0 Å². The number of carbonyl (C=O) groups is 1. The molecule has 0 radical (unpaired) electrons. The highest BCUT2D eigenvalue weighted by atomic mass is 16.1. The molecule has 0 bridgehead atoms. The monoisotopic (exact) mass is 205 g/mol. The number of rotatable bonds is 3. The average Bonchev–Trinajstić information content (AvgIpc) is 2.21. The second-order valence-corrected chi connectivity index (χ2v) is 4.10. The second-order valence-electron chi connectivity index (χ2n) is 4.10. The van der Waals surface area contributed by atoms with Crippen LogP contribution in [-0.2, 0) is 0 Å². The first-order valence-electron chi connectivity index (χ1n) is 5.42. The van der Waals surface area contributed by atoms with Crippen LogP contribution in [-0.4, -0.2) is 11.9 Å². The predicted octanol–water partition coefficient (Wildman–Crippen LogP) is 2.83. The number of amides is 1. The van der Waals surface area contributed by atoms with Crippen molar-refractivity contribution in [2.45, 2.75) is 40.2 Å². The van der Waals surface area contributed by atoms with Crippen molar-refractivity contribution in [2.75, 3.05) is 0 Å². The first-order valence-corrected chi connectivity index (χ1v) is 5.42. The lowest BCUT2D eigenvalue weighted by atomic mass is 10.0. The molecule has 0 aromatic heterocycles. The molecule has 0 saturated heterocycles. The lowest BCUT2D eigenvalue weighted by Crippen LogP contribution is -2.32. The molecular formula is C13H19NO. The maximum Gasteiger partial charge on any atom is 0.251 e. The zero-order valence-electron chi connectivity index (χ0n) is 9.92. The lowest BCUT2D eigenvalue weighted by Gasteiger charge is -2.13. The molecular weight excluding hydrogens is 186 g/mol. The van der Waals surface area contributed by atoms with Crippen molar-refractivity contribution in [3.05, 3.63) is 34.9 Å². The van der Waals surface area contributed by atoms with Gasteiger partial charge in [-0.1, -0.05) is 24.6 Å². The third-order valence-electron chi connectivity index (χ3n) is 2.63. The molecule has 0 aliphatic rings. The minimum atomic E-state index is 0.0329. The number of hydrogen-bond acceptors (Lipinski definition) is 1. The number of nitrogens with one attached hydrogen (secondary N) is 1. The fourth-order valence-electron chi connectivity index (χ4n) is 1.38. The van der Waals surface area contributed by atoms with Crippen molar-refractivity contribution < 1.29 is 4.79 Å². The summed E-state index contributed by atoms with van der Waals surface area (Å²) in [6.45, 7) is 8.04. The van der Waals surface area contributed by atoms with Gasteiger partial charge in [0.15, 0.2) is 0 Å². The van der Waals surface area contributed by atoms with Crippen molar-refractivity contribution in [2.24, 2.45) is 0 Å². The van der Waals surface area contributed by atoms with Crippen molar-refractivity contribution in [3.63, 3.8) is 0 Å². The summed E-state index contributed by atoms with van der Waals surface area (Å²) in [6.07, 6.45) is 0.955. The van der Waals surface area contributed by atoms with Gasteiger partial charge in [0.25, 0.3) is 5.91 Å². The summed E-state index contributed by atoms with van der Waals surface area (Å²) in [6, 6.07) is 6.18. The SMILES string of the molecule is CC[C@@H](C)NC(=O)c1cc(C)ccc1C. The molecule has 0 saturated carbocycles. The van der Waals surface area contributed by atoms with Gasteiger partial charge in [-0.2, -0.15) is 0 Å². The molecule has 82 valence electrons. The van der Waals surface area contributed by atoms with E-state index in [4.69, 9.17) is 0 Å². The van der Waals surface area contributed by atoms with Gasteiger partial charge in [0.2, 0.25) is 0 Å². The topological polar surface area (TPSA) is 29.1 Å². The highest BCUT2D eigenvalue weighted by Crippen LogP contribution is 2.10. The van der Waals surface area contributed by atoms with Crippen LogP contribution in [0.3, 0.4) is 0 Å². The van der Waals surface area contributed by atoms with E-state index in [9.17, 15) is 4.79 Å². The average molecular weight is 205 g/mol. The van der Waals surface area contributed by atoms with E-state index in [1.807, 2.05) is 39.0 Å². The molecule has 0 fully saturated rings. The Labute approximate surface area is 91.7 Å². The number of hydrogen-bond donors (Lipinski definition) is 1. The summed E-state index contributed by atoms with van der Waals surface area (Å²) in [7, 11) is 0. The van der Waals surface area contributed by atoms with E-state index in [1.165, 1.54) is 0 Å². The molecule has 1 aromatic rings. The Bertz CT molecular complexity index is 358. The standard InChI is InChI=1S/C13H19NO/c1-5-11(4)14-13(15)12-8-9(2)6-7-10(12)3/h6-8,11H,5H2,1-4H3,(H,14,15)/t11-/m1/s1. The summed E-state index contributed by atoms with van der Waals surface area (Å²) < 4.78 is 0. The van der Waals surface area contributed by atoms with E-state index in [1.54, 1.807) is 0 Å². The highest BCUT2D eigenvalue weighted by Gasteiger charge is 2.10. The molecule has 1 atom stereocenters. The number of aryl methyl sites for hydroxylation is 2. The quantitative estimate of drug-likeness (QED) is 0.807. The van der Waals surface area contributed by atoms with Crippen LogP contribution in [0.25, 0.3) is 0 Å². The summed E-state index contributed by atoms with van der Waals surface area (Å²) in [4.78, 5) is 11.9. The van der Waals surface area contributed by atoms with E-state index in [2.05, 4.69) is 12.2 Å². The minimum Gasteiger partial charge on any atom is -0.350 e. The fourth-order valence-corrected chi connectivity index (χ4v) is 1.38. The molecule has 0 heterocycles. The normalized spacial score (nSPS) is 12.3. The van der Waals surface area contributed by atoms with E-state index < -0.39 is 0 Å². The summed E-state index contributed by atoms with van der Waals surface area (Å²) in [5, 5.41) is 2.97. The van der Waals surface area contributed by atoms with Crippen LogP contribution < -0.4 is 5.32 Å². The summed E-state index contributed by atoms with van der Waals surface area (Å²) in [5.74, 6) is 0.0329. The van der Waals surface area contributed by atoms with Crippen molar-refractivity contribution in [3.8, 4) is 0 Å². The van der Waals surface area contributed by atoms with Gasteiger partial charge in [0.05, 0.1) is 0 Å². The molecule has 1 aromatic carbocycles. The van der Waals surface area contributed by atoms with Crippen LogP contribution in [0.15, 0.2) is 18.2 Å². The summed E-state index contributed by atoms with van der Waals surface area (Å²) in [5.41, 5.74) is 2.94. The predicted molar refractivity (Wildman–Crippen MR) is 63.1 cm³/mol. The Balaban J connectivity index is 2.86. The molecule has 1 amide bonds. The summed E-state index contributed by atoms with van der Waals surface area (Å²) >= 11 is 0. The van der Waals surface area contributed by atoms with Gasteiger partial charge in [-0.05, 0) is 38.8 Å². The first-order chi connectivity index (χ1) is 7.04. The molecule has 1 N–H and O–H groups in total. The van der Waals surface area contributed by atoms with Gasteiger partial charge in [-0.15, -0.1) is 0 Å². The molecule has 2 heteroatoms. The second kappa shape index (κ2) is 4.96. The van der Waals surface area contributed by atoms with Gasteiger partial charge in [-0.3, -0.25) is 4.79 Å². The minimum absolute atomic E-state index is 0.0329. The van der Waals surface area contributed by atoms with Crippen LogP contribution >= 0.6 is 0 Å². The van der Waals surface area contributed by atoms with E-state index in [-0.39, 0.29) is 11.9 Å². The Hall–Kier alpha value is -1.31.